The normalized spacial score (nSPS) is 24.6. The fourth-order valence-corrected chi connectivity index (χ4v) is 1.82. The summed E-state index contributed by atoms with van der Waals surface area (Å²) in [5.41, 5.74) is 0. The molecule has 2 rings (SSSR count). The Morgan fingerprint density at radius 1 is 1.47 bits per heavy atom. The zero-order valence-corrected chi connectivity index (χ0v) is 9.14. The Hall–Kier alpha value is -0.980. The van der Waals surface area contributed by atoms with Gasteiger partial charge in [-0.1, -0.05) is 0 Å². The van der Waals surface area contributed by atoms with Crippen molar-refractivity contribution in [2.75, 3.05) is 33.7 Å². The summed E-state index contributed by atoms with van der Waals surface area (Å²) in [6.07, 6.45) is 0. The van der Waals surface area contributed by atoms with Gasteiger partial charge in [0.25, 0.3) is 0 Å². The maximum absolute atomic E-state index is 8.91. The molecule has 0 aliphatic carbocycles. The van der Waals surface area contributed by atoms with Gasteiger partial charge in [-0.05, 0) is 14.1 Å². The van der Waals surface area contributed by atoms with Crippen LogP contribution >= 0.6 is 0 Å². The van der Waals surface area contributed by atoms with Crippen LogP contribution in [0.1, 0.15) is 17.7 Å². The van der Waals surface area contributed by atoms with E-state index in [0.717, 1.165) is 25.5 Å². The third-order valence-electron chi connectivity index (χ3n) is 2.85. The maximum Gasteiger partial charge on any atom is 0.169 e. The monoisotopic (exact) mass is 211 g/mol. The van der Waals surface area contributed by atoms with Crippen LogP contribution in [0.5, 0.6) is 0 Å². The first-order valence-electron chi connectivity index (χ1n) is 5.11. The minimum absolute atomic E-state index is 0.0841. The average molecular weight is 211 g/mol. The summed E-state index contributed by atoms with van der Waals surface area (Å²) in [4.78, 5) is 8.76. The number of hydrogen-bond donors (Lipinski definition) is 2. The van der Waals surface area contributed by atoms with E-state index in [4.69, 9.17) is 5.11 Å². The summed E-state index contributed by atoms with van der Waals surface area (Å²) >= 11 is 0. The number of likely N-dealkylation sites (N-methyl/N-ethyl adjacent to an activating group) is 2. The molecule has 6 nitrogen and oxygen atoms in total. The van der Waals surface area contributed by atoms with Crippen LogP contribution in [0.2, 0.25) is 0 Å². The molecule has 84 valence electrons. The van der Waals surface area contributed by atoms with E-state index in [1.165, 1.54) is 0 Å². The average Bonchev–Trinajstić information content (AvgIpc) is 2.70. The molecule has 1 aliphatic rings. The SMILES string of the molecule is CN1CCN(C)C(c2n[nH]c(CO)n2)C1. The number of nitrogens with zero attached hydrogens (tertiary/aromatic N) is 4. The molecule has 15 heavy (non-hydrogen) atoms. The number of aromatic nitrogens is 3. The third kappa shape index (κ3) is 2.17. The molecule has 0 saturated carbocycles. The van der Waals surface area contributed by atoms with Crippen molar-refractivity contribution in [2.24, 2.45) is 0 Å². The van der Waals surface area contributed by atoms with Crippen molar-refractivity contribution in [1.82, 2.24) is 25.0 Å². The van der Waals surface area contributed by atoms with Crippen LogP contribution in [0.15, 0.2) is 0 Å². The smallest absolute Gasteiger partial charge is 0.169 e. The highest BCUT2D eigenvalue weighted by Gasteiger charge is 2.26. The molecule has 2 heterocycles. The first-order valence-corrected chi connectivity index (χ1v) is 5.11. The van der Waals surface area contributed by atoms with E-state index in [9.17, 15) is 0 Å². The molecule has 1 aliphatic heterocycles. The second-order valence-corrected chi connectivity index (χ2v) is 4.06. The fourth-order valence-electron chi connectivity index (χ4n) is 1.82. The van der Waals surface area contributed by atoms with Crippen LogP contribution in [-0.4, -0.2) is 63.8 Å². The molecule has 0 amide bonds. The number of aliphatic hydroxyl groups excluding tert-OH is 1. The number of rotatable bonds is 2. The number of aromatic amines is 1. The van der Waals surface area contributed by atoms with Crippen molar-refractivity contribution in [2.45, 2.75) is 12.6 Å². The Labute approximate surface area is 88.9 Å². The van der Waals surface area contributed by atoms with Crippen molar-refractivity contribution in [3.05, 3.63) is 11.6 Å². The number of nitrogens with one attached hydrogen (secondary N) is 1. The van der Waals surface area contributed by atoms with E-state index in [1.54, 1.807) is 0 Å². The van der Waals surface area contributed by atoms with Crippen LogP contribution < -0.4 is 0 Å². The Morgan fingerprint density at radius 3 is 2.93 bits per heavy atom. The first kappa shape index (κ1) is 10.5. The third-order valence-corrected chi connectivity index (χ3v) is 2.85. The molecule has 1 atom stereocenters. The molecular formula is C9H17N5O. The van der Waals surface area contributed by atoms with Gasteiger partial charge in [-0.15, -0.1) is 0 Å². The molecular weight excluding hydrogens is 194 g/mol. The van der Waals surface area contributed by atoms with Crippen molar-refractivity contribution in [3.8, 4) is 0 Å². The van der Waals surface area contributed by atoms with Gasteiger partial charge in [0.2, 0.25) is 0 Å². The highest BCUT2D eigenvalue weighted by atomic mass is 16.3. The molecule has 0 radical (unpaired) electrons. The predicted molar refractivity (Wildman–Crippen MR) is 55.2 cm³/mol. The van der Waals surface area contributed by atoms with Gasteiger partial charge in [-0.3, -0.25) is 10.00 Å². The number of hydrogen-bond acceptors (Lipinski definition) is 5. The molecule has 1 aromatic rings. The van der Waals surface area contributed by atoms with E-state index < -0.39 is 0 Å². The van der Waals surface area contributed by atoms with E-state index in [2.05, 4.69) is 39.1 Å². The molecule has 2 N–H and O–H groups in total. The molecule has 1 saturated heterocycles. The van der Waals surface area contributed by atoms with E-state index in [-0.39, 0.29) is 12.6 Å². The lowest BCUT2D eigenvalue weighted by Crippen LogP contribution is -2.45. The summed E-state index contributed by atoms with van der Waals surface area (Å²) in [5.74, 6) is 1.31. The van der Waals surface area contributed by atoms with Crippen molar-refractivity contribution in [3.63, 3.8) is 0 Å². The van der Waals surface area contributed by atoms with Gasteiger partial charge in [0.05, 0.1) is 6.04 Å². The second-order valence-electron chi connectivity index (χ2n) is 4.06. The highest BCUT2D eigenvalue weighted by molar-refractivity contribution is 4.99. The molecule has 0 bridgehead atoms. The lowest BCUT2D eigenvalue weighted by Gasteiger charge is -2.35. The van der Waals surface area contributed by atoms with Crippen LogP contribution in [0, 0.1) is 0 Å². The van der Waals surface area contributed by atoms with Crippen molar-refractivity contribution < 1.29 is 5.11 Å². The fraction of sp³-hybridized carbons (Fsp3) is 0.778. The molecule has 1 fully saturated rings. The van der Waals surface area contributed by atoms with Crippen LogP contribution in [0.25, 0.3) is 0 Å². The lowest BCUT2D eigenvalue weighted by molar-refractivity contribution is 0.110. The Kier molecular flexibility index (Phi) is 2.99. The molecule has 6 heteroatoms. The summed E-state index contributed by atoms with van der Waals surface area (Å²) < 4.78 is 0. The van der Waals surface area contributed by atoms with Crippen LogP contribution in [0.3, 0.4) is 0 Å². The Balaban J connectivity index is 2.13. The largest absolute Gasteiger partial charge is 0.388 e. The standard InChI is InChI=1S/C9H17N5O/c1-13-3-4-14(2)7(5-13)9-10-8(6-15)11-12-9/h7,15H,3-6H2,1-2H3,(H,10,11,12). The van der Waals surface area contributed by atoms with Crippen molar-refractivity contribution in [1.29, 1.82) is 0 Å². The zero-order valence-electron chi connectivity index (χ0n) is 9.14. The summed E-state index contributed by atoms with van der Waals surface area (Å²) in [7, 11) is 4.17. The lowest BCUT2D eigenvalue weighted by atomic mass is 10.2. The highest BCUT2D eigenvalue weighted by Crippen LogP contribution is 2.19. The van der Waals surface area contributed by atoms with E-state index in [0.29, 0.717) is 5.82 Å². The number of H-pyrrole nitrogens is 1. The minimum atomic E-state index is -0.0841. The van der Waals surface area contributed by atoms with Gasteiger partial charge in [0.15, 0.2) is 5.82 Å². The van der Waals surface area contributed by atoms with Crippen LogP contribution in [0.4, 0.5) is 0 Å². The summed E-state index contributed by atoms with van der Waals surface area (Å²) in [6, 6.07) is 0.222. The van der Waals surface area contributed by atoms with Gasteiger partial charge in [0.1, 0.15) is 12.4 Å². The van der Waals surface area contributed by atoms with Gasteiger partial charge in [-0.2, -0.15) is 5.10 Å². The number of piperazine rings is 1. The molecule has 1 aromatic heterocycles. The van der Waals surface area contributed by atoms with Crippen molar-refractivity contribution >= 4 is 0 Å². The second kappa shape index (κ2) is 4.26. The van der Waals surface area contributed by atoms with Gasteiger partial charge >= 0.3 is 0 Å². The van der Waals surface area contributed by atoms with Gasteiger partial charge < -0.3 is 10.0 Å². The van der Waals surface area contributed by atoms with E-state index >= 15 is 0 Å². The zero-order chi connectivity index (χ0) is 10.8. The summed E-state index contributed by atoms with van der Waals surface area (Å²) in [6.45, 7) is 2.94. The van der Waals surface area contributed by atoms with Gasteiger partial charge in [0, 0.05) is 19.6 Å². The quantitative estimate of drug-likeness (QED) is 0.671. The predicted octanol–water partition coefficient (Wildman–Crippen LogP) is -0.785. The Morgan fingerprint density at radius 2 is 2.27 bits per heavy atom. The summed E-state index contributed by atoms with van der Waals surface area (Å²) in [5, 5.41) is 15.8. The maximum atomic E-state index is 8.91. The van der Waals surface area contributed by atoms with Crippen LogP contribution in [-0.2, 0) is 6.61 Å². The number of aliphatic hydroxyl groups is 1. The minimum Gasteiger partial charge on any atom is -0.388 e. The van der Waals surface area contributed by atoms with Gasteiger partial charge in [-0.25, -0.2) is 4.98 Å². The Bertz CT molecular complexity index is 326. The molecule has 1 unspecified atom stereocenters. The van der Waals surface area contributed by atoms with E-state index in [1.807, 2.05) is 0 Å². The topological polar surface area (TPSA) is 68.3 Å². The molecule has 0 spiro atoms. The first-order chi connectivity index (χ1) is 7.20. The molecule has 0 aromatic carbocycles.